The summed E-state index contributed by atoms with van der Waals surface area (Å²) in [5.74, 6) is 0.430. The van der Waals surface area contributed by atoms with E-state index < -0.39 is 5.82 Å². The molecule has 2 aromatic rings. The number of hydrogen-bond acceptors (Lipinski definition) is 4. The Hall–Kier alpha value is -2.50. The molecule has 0 saturated carbocycles. The highest BCUT2D eigenvalue weighted by Gasteiger charge is 2.30. The third-order valence-corrected chi connectivity index (χ3v) is 5.40. The quantitative estimate of drug-likeness (QED) is 0.832. The van der Waals surface area contributed by atoms with Crippen molar-refractivity contribution in [2.75, 3.05) is 24.5 Å². The molecular formula is C20H23FN4O. The van der Waals surface area contributed by atoms with Gasteiger partial charge in [0.2, 0.25) is 11.9 Å². The van der Waals surface area contributed by atoms with Crippen molar-refractivity contribution in [3.63, 3.8) is 0 Å². The first-order chi connectivity index (χ1) is 12.7. The Labute approximate surface area is 152 Å². The molecule has 1 fully saturated rings. The monoisotopic (exact) mass is 354 g/mol. The van der Waals surface area contributed by atoms with E-state index in [0.717, 1.165) is 51.9 Å². The van der Waals surface area contributed by atoms with Gasteiger partial charge in [0, 0.05) is 32.1 Å². The van der Waals surface area contributed by atoms with Gasteiger partial charge in [0.05, 0.1) is 12.4 Å². The number of halogens is 1. The van der Waals surface area contributed by atoms with Gasteiger partial charge >= 0.3 is 0 Å². The molecule has 1 aromatic carbocycles. The van der Waals surface area contributed by atoms with Crippen LogP contribution in [0.25, 0.3) is 0 Å². The molecule has 2 aliphatic rings. The number of amides is 1. The molecule has 1 aromatic heterocycles. The van der Waals surface area contributed by atoms with Crippen LogP contribution in [0.5, 0.6) is 0 Å². The van der Waals surface area contributed by atoms with Crippen molar-refractivity contribution in [1.82, 2.24) is 14.9 Å². The van der Waals surface area contributed by atoms with Gasteiger partial charge in [-0.15, -0.1) is 0 Å². The largest absolute Gasteiger partial charge is 0.341 e. The van der Waals surface area contributed by atoms with Crippen LogP contribution in [0.2, 0.25) is 0 Å². The summed E-state index contributed by atoms with van der Waals surface area (Å²) >= 11 is 0. The Kier molecular flexibility index (Phi) is 4.82. The van der Waals surface area contributed by atoms with Gasteiger partial charge in [0.1, 0.15) is 0 Å². The lowest BCUT2D eigenvalue weighted by Crippen LogP contribution is -2.43. The number of rotatable bonds is 2. The molecule has 0 spiro atoms. The van der Waals surface area contributed by atoms with Gasteiger partial charge in [-0.25, -0.2) is 14.4 Å². The average molecular weight is 354 g/mol. The summed E-state index contributed by atoms with van der Waals surface area (Å²) < 4.78 is 13.0. The van der Waals surface area contributed by atoms with Crippen LogP contribution in [0.1, 0.15) is 30.4 Å². The first kappa shape index (κ1) is 16.9. The van der Waals surface area contributed by atoms with Gasteiger partial charge in [-0.05, 0) is 36.8 Å². The Morgan fingerprint density at radius 3 is 2.46 bits per heavy atom. The minimum Gasteiger partial charge on any atom is -0.341 e. The fourth-order valence-electron chi connectivity index (χ4n) is 3.94. The van der Waals surface area contributed by atoms with E-state index in [4.69, 9.17) is 0 Å². The Morgan fingerprint density at radius 1 is 1.04 bits per heavy atom. The number of carbonyl (C=O) groups excluding carboxylic acids is 1. The molecule has 2 aliphatic heterocycles. The Balaban J connectivity index is 1.38. The van der Waals surface area contributed by atoms with Crippen LogP contribution < -0.4 is 4.90 Å². The molecule has 0 radical (unpaired) electrons. The number of fused-ring (bicyclic) bond motifs is 1. The van der Waals surface area contributed by atoms with E-state index in [1.54, 1.807) is 0 Å². The lowest BCUT2D eigenvalue weighted by atomic mass is 9.95. The van der Waals surface area contributed by atoms with Crippen LogP contribution in [0.4, 0.5) is 10.3 Å². The summed E-state index contributed by atoms with van der Waals surface area (Å²) in [6.07, 6.45) is 6.02. The number of anilines is 1. The molecule has 1 saturated heterocycles. The molecule has 0 N–H and O–H groups in total. The standard InChI is InChI=1S/C20H23FN4O/c21-18-12-22-20(23-13-18)24-10-7-16(8-11-24)19(26)25-9-3-6-15-4-1-2-5-17(15)14-25/h1-2,4-5,12-13,16H,3,6-11,14H2. The van der Waals surface area contributed by atoms with Gasteiger partial charge in [-0.1, -0.05) is 24.3 Å². The first-order valence-electron chi connectivity index (χ1n) is 9.29. The molecule has 6 heteroatoms. The lowest BCUT2D eigenvalue weighted by Gasteiger charge is -2.34. The number of aromatic nitrogens is 2. The van der Waals surface area contributed by atoms with E-state index in [-0.39, 0.29) is 11.8 Å². The topological polar surface area (TPSA) is 49.3 Å². The SMILES string of the molecule is O=C(C1CCN(c2ncc(F)cn2)CC1)N1CCCc2ccccc2C1. The predicted octanol–water partition coefficient (Wildman–Crippen LogP) is 2.81. The highest BCUT2D eigenvalue weighted by Crippen LogP contribution is 2.25. The maximum Gasteiger partial charge on any atom is 0.226 e. The molecule has 3 heterocycles. The van der Waals surface area contributed by atoms with Crippen LogP contribution in [0.15, 0.2) is 36.7 Å². The van der Waals surface area contributed by atoms with Gasteiger partial charge < -0.3 is 9.80 Å². The Bertz CT molecular complexity index is 772. The van der Waals surface area contributed by atoms with E-state index >= 15 is 0 Å². The lowest BCUT2D eigenvalue weighted by molar-refractivity contribution is -0.136. The van der Waals surface area contributed by atoms with Crippen LogP contribution in [0.3, 0.4) is 0 Å². The minimum absolute atomic E-state index is 0.0527. The molecule has 136 valence electrons. The Morgan fingerprint density at radius 2 is 1.73 bits per heavy atom. The van der Waals surface area contributed by atoms with Crippen molar-refractivity contribution < 1.29 is 9.18 Å². The third kappa shape index (κ3) is 3.54. The highest BCUT2D eigenvalue weighted by atomic mass is 19.1. The van der Waals surface area contributed by atoms with Gasteiger partial charge in [-0.3, -0.25) is 4.79 Å². The highest BCUT2D eigenvalue weighted by molar-refractivity contribution is 5.79. The maximum atomic E-state index is 13.0. The van der Waals surface area contributed by atoms with Crippen molar-refractivity contribution in [2.45, 2.75) is 32.2 Å². The third-order valence-electron chi connectivity index (χ3n) is 5.40. The smallest absolute Gasteiger partial charge is 0.226 e. The summed E-state index contributed by atoms with van der Waals surface area (Å²) in [5, 5.41) is 0. The van der Waals surface area contributed by atoms with Gasteiger partial charge in [0.15, 0.2) is 5.82 Å². The number of benzene rings is 1. The fraction of sp³-hybridized carbons (Fsp3) is 0.450. The van der Waals surface area contributed by atoms with Crippen molar-refractivity contribution in [3.05, 3.63) is 53.6 Å². The molecule has 1 amide bonds. The second kappa shape index (κ2) is 7.40. The van der Waals surface area contributed by atoms with E-state index in [1.807, 2.05) is 15.9 Å². The summed E-state index contributed by atoms with van der Waals surface area (Å²) in [6.45, 7) is 3.00. The summed E-state index contributed by atoms with van der Waals surface area (Å²) in [7, 11) is 0. The molecule has 0 aliphatic carbocycles. The zero-order valence-electron chi connectivity index (χ0n) is 14.8. The number of hydrogen-bond donors (Lipinski definition) is 0. The van der Waals surface area contributed by atoms with Crippen molar-refractivity contribution in [2.24, 2.45) is 5.92 Å². The predicted molar refractivity (Wildman–Crippen MR) is 97.1 cm³/mol. The van der Waals surface area contributed by atoms with Crippen LogP contribution in [-0.4, -0.2) is 40.4 Å². The van der Waals surface area contributed by atoms with Crippen molar-refractivity contribution >= 4 is 11.9 Å². The molecule has 4 rings (SSSR count). The second-order valence-corrected chi connectivity index (χ2v) is 7.09. The first-order valence-corrected chi connectivity index (χ1v) is 9.29. The van der Waals surface area contributed by atoms with E-state index in [1.165, 1.54) is 23.5 Å². The van der Waals surface area contributed by atoms with Crippen molar-refractivity contribution in [1.29, 1.82) is 0 Å². The number of carbonyl (C=O) groups is 1. The molecule has 26 heavy (non-hydrogen) atoms. The van der Waals surface area contributed by atoms with Crippen LogP contribution in [0, 0.1) is 11.7 Å². The van der Waals surface area contributed by atoms with Crippen molar-refractivity contribution in [3.8, 4) is 0 Å². The molecular weight excluding hydrogens is 331 g/mol. The molecule has 0 unspecified atom stereocenters. The molecule has 0 bridgehead atoms. The number of nitrogens with zero attached hydrogens (tertiary/aromatic N) is 4. The summed E-state index contributed by atoms with van der Waals surface area (Å²) in [5.41, 5.74) is 2.64. The molecule has 5 nitrogen and oxygen atoms in total. The fourth-order valence-corrected chi connectivity index (χ4v) is 3.94. The van der Waals surface area contributed by atoms with Crippen LogP contribution >= 0.6 is 0 Å². The van der Waals surface area contributed by atoms with Gasteiger partial charge in [-0.2, -0.15) is 0 Å². The van der Waals surface area contributed by atoms with E-state index in [9.17, 15) is 9.18 Å². The second-order valence-electron chi connectivity index (χ2n) is 7.09. The van der Waals surface area contributed by atoms with Gasteiger partial charge in [0.25, 0.3) is 0 Å². The van der Waals surface area contributed by atoms with Crippen LogP contribution in [-0.2, 0) is 17.8 Å². The maximum absolute atomic E-state index is 13.0. The average Bonchev–Trinajstić information content (AvgIpc) is 2.91. The summed E-state index contributed by atoms with van der Waals surface area (Å²) in [6, 6.07) is 8.43. The number of aryl methyl sites for hydroxylation is 1. The van der Waals surface area contributed by atoms with E-state index in [0.29, 0.717) is 5.95 Å². The minimum atomic E-state index is -0.430. The normalized spacial score (nSPS) is 18.3. The number of piperidine rings is 1. The zero-order valence-corrected chi connectivity index (χ0v) is 14.8. The molecule has 0 atom stereocenters. The summed E-state index contributed by atoms with van der Waals surface area (Å²) in [4.78, 5) is 25.2. The zero-order chi connectivity index (χ0) is 17.9. The van der Waals surface area contributed by atoms with E-state index in [2.05, 4.69) is 28.2 Å².